The predicted molar refractivity (Wildman–Crippen MR) is 107 cm³/mol. The Hall–Kier alpha value is -2.29. The van der Waals surface area contributed by atoms with Crippen LogP contribution in [0, 0.1) is 0 Å². The summed E-state index contributed by atoms with van der Waals surface area (Å²) >= 11 is 6.25. The van der Waals surface area contributed by atoms with Crippen molar-refractivity contribution < 1.29 is 22.7 Å². The average Bonchev–Trinajstić information content (AvgIpc) is 2.88. The maximum absolute atomic E-state index is 12.4. The summed E-state index contributed by atoms with van der Waals surface area (Å²) in [5.41, 5.74) is 1.20. The van der Waals surface area contributed by atoms with Crippen LogP contribution in [0.3, 0.4) is 0 Å². The fraction of sp³-hybridized carbons (Fsp3) is 0.316. The van der Waals surface area contributed by atoms with Gasteiger partial charge in [0.15, 0.2) is 11.5 Å². The lowest BCUT2D eigenvalue weighted by molar-refractivity contribution is -0.115. The van der Waals surface area contributed by atoms with E-state index in [9.17, 15) is 13.2 Å². The van der Waals surface area contributed by atoms with Crippen LogP contribution in [0.1, 0.15) is 12.0 Å². The molecule has 0 unspecified atom stereocenters. The van der Waals surface area contributed by atoms with E-state index in [1.165, 1.54) is 26.2 Å². The van der Waals surface area contributed by atoms with E-state index in [-0.39, 0.29) is 17.2 Å². The summed E-state index contributed by atoms with van der Waals surface area (Å²) in [6.45, 7) is 1.06. The number of carbonyl (C=O) groups is 1. The zero-order valence-electron chi connectivity index (χ0n) is 15.6. The third-order valence-corrected chi connectivity index (χ3v) is 6.25. The van der Waals surface area contributed by atoms with E-state index < -0.39 is 10.0 Å². The van der Waals surface area contributed by atoms with Gasteiger partial charge >= 0.3 is 0 Å². The summed E-state index contributed by atoms with van der Waals surface area (Å²) in [5, 5.41) is 3.15. The van der Waals surface area contributed by atoms with Gasteiger partial charge in [-0.2, -0.15) is 0 Å². The highest BCUT2D eigenvalue weighted by atomic mass is 35.5. The standard InChI is InChI=1S/C19H21ClN2O5S/c1-22(2)28(24,25)15-6-4-14(5-7-15)21-18(23)12-13-10-16(20)19-17(11-13)26-8-3-9-27-19/h4-7,10-11H,3,8-9,12H2,1-2H3,(H,21,23). The van der Waals surface area contributed by atoms with E-state index >= 15 is 0 Å². The van der Waals surface area contributed by atoms with Crippen LogP contribution >= 0.6 is 11.6 Å². The van der Waals surface area contributed by atoms with Crippen LogP contribution in [0.15, 0.2) is 41.3 Å². The van der Waals surface area contributed by atoms with Gasteiger partial charge < -0.3 is 14.8 Å². The quantitative estimate of drug-likeness (QED) is 0.797. The van der Waals surface area contributed by atoms with E-state index in [1.807, 2.05) is 0 Å². The largest absolute Gasteiger partial charge is 0.489 e. The lowest BCUT2D eigenvalue weighted by atomic mass is 10.1. The molecule has 28 heavy (non-hydrogen) atoms. The van der Waals surface area contributed by atoms with Gasteiger partial charge in [0.2, 0.25) is 15.9 Å². The fourth-order valence-corrected chi connectivity index (χ4v) is 3.89. The molecule has 150 valence electrons. The highest BCUT2D eigenvalue weighted by molar-refractivity contribution is 7.89. The first kappa shape index (κ1) is 20.4. The number of nitrogens with zero attached hydrogens (tertiary/aromatic N) is 1. The van der Waals surface area contributed by atoms with Crippen molar-refractivity contribution in [2.45, 2.75) is 17.7 Å². The zero-order valence-corrected chi connectivity index (χ0v) is 17.1. The van der Waals surface area contributed by atoms with Crippen molar-refractivity contribution in [3.8, 4) is 11.5 Å². The molecule has 9 heteroatoms. The van der Waals surface area contributed by atoms with Gasteiger partial charge in [-0.1, -0.05) is 11.6 Å². The Morgan fingerprint density at radius 1 is 1.14 bits per heavy atom. The molecule has 0 spiro atoms. The Bertz CT molecular complexity index is 975. The first-order valence-electron chi connectivity index (χ1n) is 8.68. The molecule has 0 atom stereocenters. The summed E-state index contributed by atoms with van der Waals surface area (Å²) in [6.07, 6.45) is 0.856. The smallest absolute Gasteiger partial charge is 0.242 e. The number of carbonyl (C=O) groups excluding carboxylic acids is 1. The molecule has 1 N–H and O–H groups in total. The topological polar surface area (TPSA) is 84.9 Å². The molecular formula is C19H21ClN2O5S. The average molecular weight is 425 g/mol. The van der Waals surface area contributed by atoms with Crippen molar-refractivity contribution in [3.05, 3.63) is 47.0 Å². The predicted octanol–water partition coefficient (Wildman–Crippen LogP) is 2.93. The first-order valence-corrected chi connectivity index (χ1v) is 10.5. The Labute approximate surface area is 169 Å². The van der Waals surface area contributed by atoms with Gasteiger partial charge in [0.1, 0.15) is 0 Å². The number of hydrogen-bond donors (Lipinski definition) is 1. The van der Waals surface area contributed by atoms with Gasteiger partial charge in [-0.25, -0.2) is 12.7 Å². The monoisotopic (exact) mass is 424 g/mol. The second kappa shape index (κ2) is 8.38. The number of amides is 1. The van der Waals surface area contributed by atoms with Crippen molar-refractivity contribution in [1.82, 2.24) is 4.31 Å². The second-order valence-corrected chi connectivity index (χ2v) is 9.05. The van der Waals surface area contributed by atoms with Gasteiger partial charge in [-0.3, -0.25) is 4.79 Å². The first-order chi connectivity index (χ1) is 13.3. The lowest BCUT2D eigenvalue weighted by Gasteiger charge is -2.13. The molecule has 0 aromatic heterocycles. The van der Waals surface area contributed by atoms with E-state index in [0.717, 1.165) is 10.7 Å². The minimum atomic E-state index is -3.51. The molecule has 0 saturated heterocycles. The molecule has 1 amide bonds. The Morgan fingerprint density at radius 3 is 2.50 bits per heavy atom. The van der Waals surface area contributed by atoms with E-state index in [4.69, 9.17) is 21.1 Å². The number of ether oxygens (including phenoxy) is 2. The van der Waals surface area contributed by atoms with Crippen LogP contribution in [0.25, 0.3) is 0 Å². The van der Waals surface area contributed by atoms with Gasteiger partial charge in [0.05, 0.1) is 29.6 Å². The SMILES string of the molecule is CN(C)S(=O)(=O)c1ccc(NC(=O)Cc2cc(Cl)c3c(c2)OCCCO3)cc1. The molecule has 0 saturated carbocycles. The van der Waals surface area contributed by atoms with Crippen LogP contribution < -0.4 is 14.8 Å². The summed E-state index contributed by atoms with van der Waals surface area (Å²) in [5.74, 6) is 0.779. The van der Waals surface area contributed by atoms with E-state index in [0.29, 0.717) is 41.0 Å². The fourth-order valence-electron chi connectivity index (χ4n) is 2.70. The number of fused-ring (bicyclic) bond motifs is 1. The zero-order chi connectivity index (χ0) is 20.3. The third-order valence-electron chi connectivity index (χ3n) is 4.14. The maximum Gasteiger partial charge on any atom is 0.242 e. The Kier molecular flexibility index (Phi) is 6.12. The lowest BCUT2D eigenvalue weighted by Crippen LogP contribution is -2.22. The number of nitrogens with one attached hydrogen (secondary N) is 1. The molecular weight excluding hydrogens is 404 g/mol. The van der Waals surface area contributed by atoms with Gasteiger partial charge in [0, 0.05) is 26.2 Å². The molecule has 0 radical (unpaired) electrons. The number of benzene rings is 2. The summed E-state index contributed by atoms with van der Waals surface area (Å²) in [4.78, 5) is 12.5. The maximum atomic E-state index is 12.4. The van der Waals surface area contributed by atoms with Crippen LogP contribution in [-0.2, 0) is 21.2 Å². The molecule has 2 aromatic rings. The molecule has 0 bridgehead atoms. The third kappa shape index (κ3) is 4.57. The Balaban J connectivity index is 1.69. The van der Waals surface area contributed by atoms with Gasteiger partial charge in [0.25, 0.3) is 0 Å². The van der Waals surface area contributed by atoms with Gasteiger partial charge in [-0.05, 0) is 42.0 Å². The van der Waals surface area contributed by atoms with Crippen LogP contribution in [0.2, 0.25) is 5.02 Å². The van der Waals surface area contributed by atoms with Crippen molar-refractivity contribution in [1.29, 1.82) is 0 Å². The van der Waals surface area contributed by atoms with Crippen molar-refractivity contribution in [3.63, 3.8) is 0 Å². The van der Waals surface area contributed by atoms with E-state index in [2.05, 4.69) is 5.32 Å². The molecule has 1 heterocycles. The normalized spacial score (nSPS) is 13.9. The molecule has 3 rings (SSSR count). The van der Waals surface area contributed by atoms with E-state index in [1.54, 1.807) is 24.3 Å². The molecule has 0 fully saturated rings. The minimum absolute atomic E-state index is 0.0914. The second-order valence-electron chi connectivity index (χ2n) is 6.49. The number of rotatable bonds is 5. The highest BCUT2D eigenvalue weighted by Gasteiger charge is 2.18. The molecule has 2 aromatic carbocycles. The van der Waals surface area contributed by atoms with Crippen molar-refractivity contribution >= 4 is 33.2 Å². The van der Waals surface area contributed by atoms with Crippen LogP contribution in [0.5, 0.6) is 11.5 Å². The highest BCUT2D eigenvalue weighted by Crippen LogP contribution is 2.38. The van der Waals surface area contributed by atoms with Crippen molar-refractivity contribution in [2.75, 3.05) is 32.6 Å². The van der Waals surface area contributed by atoms with Crippen LogP contribution in [-0.4, -0.2) is 45.9 Å². The Morgan fingerprint density at radius 2 is 1.82 bits per heavy atom. The minimum Gasteiger partial charge on any atom is -0.489 e. The molecule has 0 aliphatic carbocycles. The van der Waals surface area contributed by atoms with Crippen molar-refractivity contribution in [2.24, 2.45) is 0 Å². The summed E-state index contributed by atoms with van der Waals surface area (Å²) < 4.78 is 36.5. The number of sulfonamides is 1. The van der Waals surface area contributed by atoms with Gasteiger partial charge in [-0.15, -0.1) is 0 Å². The summed E-state index contributed by atoms with van der Waals surface area (Å²) in [7, 11) is -0.580. The molecule has 1 aliphatic heterocycles. The number of halogens is 1. The summed E-state index contributed by atoms with van der Waals surface area (Å²) in [6, 6.07) is 9.44. The number of anilines is 1. The molecule has 7 nitrogen and oxygen atoms in total. The molecule has 1 aliphatic rings. The van der Waals surface area contributed by atoms with Crippen LogP contribution in [0.4, 0.5) is 5.69 Å². The number of hydrogen-bond acceptors (Lipinski definition) is 5.